The van der Waals surface area contributed by atoms with E-state index >= 15 is 0 Å². The van der Waals surface area contributed by atoms with Crippen LogP contribution in [0.2, 0.25) is 0 Å². The summed E-state index contributed by atoms with van der Waals surface area (Å²) >= 11 is 0. The van der Waals surface area contributed by atoms with Gasteiger partial charge in [-0.3, -0.25) is 10.1 Å². The molecule has 2 N–H and O–H groups in total. The minimum absolute atomic E-state index is 0.0621. The number of carboxylic acid groups (broad SMARTS) is 1. The van der Waals surface area contributed by atoms with Gasteiger partial charge in [-0.2, -0.15) is 0 Å². The lowest BCUT2D eigenvalue weighted by Crippen LogP contribution is -2.40. The van der Waals surface area contributed by atoms with Crippen molar-refractivity contribution in [3.05, 3.63) is 33.9 Å². The lowest BCUT2D eigenvalue weighted by atomic mass is 9.93. The Bertz CT molecular complexity index is 538. The molecule has 1 aromatic rings. The molecule has 7 heteroatoms. The standard InChI is InChI=1S/C14H18N2O5/c1-14(2)8-9(6-7-21-14)15-12-10(13(17)18)4-3-5-11(12)16(19)20/h3-5,9,15H,6-8H2,1-2H3,(H,17,18). The Morgan fingerprint density at radius 2 is 2.24 bits per heavy atom. The van der Waals surface area contributed by atoms with Crippen molar-refractivity contribution in [2.24, 2.45) is 0 Å². The van der Waals surface area contributed by atoms with Crippen molar-refractivity contribution < 1.29 is 19.6 Å². The molecular weight excluding hydrogens is 276 g/mol. The Balaban J connectivity index is 2.33. The summed E-state index contributed by atoms with van der Waals surface area (Å²) in [6.45, 7) is 4.42. The Morgan fingerprint density at radius 1 is 1.52 bits per heavy atom. The summed E-state index contributed by atoms with van der Waals surface area (Å²) in [4.78, 5) is 21.8. The van der Waals surface area contributed by atoms with Crippen LogP contribution in [-0.2, 0) is 4.74 Å². The zero-order valence-electron chi connectivity index (χ0n) is 12.0. The molecule has 0 spiro atoms. The quantitative estimate of drug-likeness (QED) is 0.654. The molecule has 7 nitrogen and oxygen atoms in total. The van der Waals surface area contributed by atoms with E-state index in [0.29, 0.717) is 19.4 Å². The van der Waals surface area contributed by atoms with Crippen LogP contribution in [0.3, 0.4) is 0 Å². The van der Waals surface area contributed by atoms with E-state index in [-0.39, 0.29) is 28.6 Å². The molecule has 1 aliphatic rings. The SMILES string of the molecule is CC1(C)CC(Nc2c(C(=O)O)cccc2[N+](=O)[O-])CCO1. The number of carboxylic acids is 1. The van der Waals surface area contributed by atoms with Crippen LogP contribution in [0.4, 0.5) is 11.4 Å². The normalized spacial score (nSPS) is 20.8. The van der Waals surface area contributed by atoms with Crippen LogP contribution in [0.25, 0.3) is 0 Å². The molecule has 1 unspecified atom stereocenters. The van der Waals surface area contributed by atoms with Crippen LogP contribution in [0.5, 0.6) is 0 Å². The maximum Gasteiger partial charge on any atom is 0.338 e. The van der Waals surface area contributed by atoms with E-state index in [1.165, 1.54) is 18.2 Å². The molecule has 1 aromatic carbocycles. The maximum absolute atomic E-state index is 11.3. The lowest BCUT2D eigenvalue weighted by Gasteiger charge is -2.36. The van der Waals surface area contributed by atoms with Crippen LogP contribution >= 0.6 is 0 Å². The number of benzene rings is 1. The molecule has 0 aromatic heterocycles. The van der Waals surface area contributed by atoms with Crippen LogP contribution < -0.4 is 5.32 Å². The highest BCUT2D eigenvalue weighted by molar-refractivity contribution is 5.96. The lowest BCUT2D eigenvalue weighted by molar-refractivity contribution is -0.384. The van der Waals surface area contributed by atoms with E-state index in [0.717, 1.165) is 0 Å². The number of hydrogen-bond donors (Lipinski definition) is 2. The zero-order valence-corrected chi connectivity index (χ0v) is 12.0. The molecule has 0 aliphatic carbocycles. The minimum atomic E-state index is -1.19. The van der Waals surface area contributed by atoms with Crippen molar-refractivity contribution in [1.82, 2.24) is 0 Å². The third kappa shape index (κ3) is 3.49. The van der Waals surface area contributed by atoms with Gasteiger partial charge in [0, 0.05) is 18.7 Å². The Hall–Kier alpha value is -2.15. The summed E-state index contributed by atoms with van der Waals surface area (Å²) in [6.07, 6.45) is 1.33. The van der Waals surface area contributed by atoms with E-state index in [4.69, 9.17) is 4.74 Å². The molecule has 1 heterocycles. The van der Waals surface area contributed by atoms with Crippen molar-refractivity contribution in [3.63, 3.8) is 0 Å². The number of anilines is 1. The second-order valence-corrected chi connectivity index (χ2v) is 5.70. The topological polar surface area (TPSA) is 102 Å². The average molecular weight is 294 g/mol. The van der Waals surface area contributed by atoms with Crippen molar-refractivity contribution in [3.8, 4) is 0 Å². The molecule has 1 atom stereocenters. The van der Waals surface area contributed by atoms with Crippen molar-refractivity contribution in [2.75, 3.05) is 11.9 Å². The number of nitrogens with zero attached hydrogens (tertiary/aromatic N) is 1. The van der Waals surface area contributed by atoms with Crippen molar-refractivity contribution in [1.29, 1.82) is 0 Å². The first kappa shape index (κ1) is 15.2. The first-order valence-corrected chi connectivity index (χ1v) is 6.71. The molecule has 114 valence electrons. The number of nitro groups is 1. The number of para-hydroxylation sites is 1. The predicted octanol–water partition coefficient (Wildman–Crippen LogP) is 2.66. The second-order valence-electron chi connectivity index (χ2n) is 5.70. The van der Waals surface area contributed by atoms with Crippen molar-refractivity contribution >= 4 is 17.3 Å². The number of rotatable bonds is 4. The summed E-state index contributed by atoms with van der Waals surface area (Å²) in [5.41, 5.74) is -0.575. The van der Waals surface area contributed by atoms with E-state index in [9.17, 15) is 20.0 Å². The number of ether oxygens (including phenoxy) is 1. The highest BCUT2D eigenvalue weighted by Gasteiger charge is 2.31. The highest BCUT2D eigenvalue weighted by Crippen LogP contribution is 2.32. The third-order valence-electron chi connectivity index (χ3n) is 3.52. The molecule has 1 saturated heterocycles. The number of carbonyl (C=O) groups is 1. The number of nitrogens with one attached hydrogen (secondary N) is 1. The van der Waals surface area contributed by atoms with Gasteiger partial charge in [0.15, 0.2) is 0 Å². The van der Waals surface area contributed by atoms with E-state index in [1.54, 1.807) is 0 Å². The summed E-state index contributed by atoms with van der Waals surface area (Å²) < 4.78 is 5.60. The van der Waals surface area contributed by atoms with Gasteiger partial charge in [0.1, 0.15) is 5.69 Å². The molecule has 0 amide bonds. The van der Waals surface area contributed by atoms with Gasteiger partial charge in [-0.25, -0.2) is 4.79 Å². The summed E-state index contributed by atoms with van der Waals surface area (Å²) in [6, 6.07) is 3.98. The summed E-state index contributed by atoms with van der Waals surface area (Å²) in [5.74, 6) is -1.19. The van der Waals surface area contributed by atoms with Gasteiger partial charge < -0.3 is 15.2 Å². The molecule has 0 radical (unpaired) electrons. The third-order valence-corrected chi connectivity index (χ3v) is 3.52. The minimum Gasteiger partial charge on any atom is -0.478 e. The summed E-state index contributed by atoms with van der Waals surface area (Å²) in [5, 5.41) is 23.4. The Morgan fingerprint density at radius 3 is 2.81 bits per heavy atom. The number of nitro benzene ring substituents is 1. The fourth-order valence-electron chi connectivity index (χ4n) is 2.58. The zero-order chi connectivity index (χ0) is 15.6. The summed E-state index contributed by atoms with van der Waals surface area (Å²) in [7, 11) is 0. The van der Waals surface area contributed by atoms with Crippen LogP contribution in [0, 0.1) is 10.1 Å². The van der Waals surface area contributed by atoms with Crippen molar-refractivity contribution in [2.45, 2.75) is 38.3 Å². The van der Waals surface area contributed by atoms with Crippen LogP contribution in [0.1, 0.15) is 37.0 Å². The highest BCUT2D eigenvalue weighted by atomic mass is 16.6. The molecule has 1 aliphatic heterocycles. The number of aromatic carboxylic acids is 1. The number of hydrogen-bond acceptors (Lipinski definition) is 5. The Labute approximate surface area is 122 Å². The van der Waals surface area contributed by atoms with Crippen LogP contribution in [0.15, 0.2) is 18.2 Å². The van der Waals surface area contributed by atoms with Crippen LogP contribution in [-0.4, -0.2) is 34.2 Å². The van der Waals surface area contributed by atoms with E-state index in [1.807, 2.05) is 13.8 Å². The van der Waals surface area contributed by atoms with Gasteiger partial charge in [0.25, 0.3) is 5.69 Å². The monoisotopic (exact) mass is 294 g/mol. The Kier molecular flexibility index (Phi) is 4.13. The van der Waals surface area contributed by atoms with Gasteiger partial charge in [0.05, 0.1) is 16.1 Å². The first-order chi connectivity index (χ1) is 9.80. The van der Waals surface area contributed by atoms with Gasteiger partial charge >= 0.3 is 5.97 Å². The molecular formula is C14H18N2O5. The molecule has 1 fully saturated rings. The average Bonchev–Trinajstić information content (AvgIpc) is 2.37. The largest absolute Gasteiger partial charge is 0.478 e. The second kappa shape index (κ2) is 5.69. The molecule has 0 saturated carbocycles. The van der Waals surface area contributed by atoms with E-state index in [2.05, 4.69) is 5.32 Å². The van der Waals surface area contributed by atoms with Gasteiger partial charge in [-0.05, 0) is 32.8 Å². The molecule has 0 bridgehead atoms. The van der Waals surface area contributed by atoms with E-state index < -0.39 is 10.9 Å². The predicted molar refractivity (Wildman–Crippen MR) is 76.7 cm³/mol. The first-order valence-electron chi connectivity index (χ1n) is 6.71. The molecule has 2 rings (SSSR count). The fourth-order valence-corrected chi connectivity index (χ4v) is 2.58. The van der Waals surface area contributed by atoms with Gasteiger partial charge in [0.2, 0.25) is 0 Å². The smallest absolute Gasteiger partial charge is 0.338 e. The van der Waals surface area contributed by atoms with Gasteiger partial charge in [-0.15, -0.1) is 0 Å². The maximum atomic E-state index is 11.3. The van der Waals surface area contributed by atoms with Gasteiger partial charge in [-0.1, -0.05) is 6.07 Å². The fraction of sp³-hybridized carbons (Fsp3) is 0.500. The molecule has 21 heavy (non-hydrogen) atoms.